The average Bonchev–Trinajstić information content (AvgIpc) is 2.71. The maximum Gasteiger partial charge on any atom is 0.326 e. The predicted octanol–water partition coefficient (Wildman–Crippen LogP) is 3.43. The number of hydrogen-bond acceptors (Lipinski definition) is 5. The highest BCUT2D eigenvalue weighted by Gasteiger charge is 2.14. The zero-order valence-electron chi connectivity index (χ0n) is 16.3. The Morgan fingerprint density at radius 1 is 1.20 bits per heavy atom. The molecule has 0 aliphatic carbocycles. The van der Waals surface area contributed by atoms with Crippen LogP contribution in [-0.2, 0) is 20.9 Å². The van der Waals surface area contributed by atoms with E-state index in [0.717, 1.165) is 15.7 Å². The summed E-state index contributed by atoms with van der Waals surface area (Å²) in [6, 6.07) is 9.93. The summed E-state index contributed by atoms with van der Waals surface area (Å²) >= 11 is 11.9. The van der Waals surface area contributed by atoms with Gasteiger partial charge in [0.1, 0.15) is 6.54 Å². The molecule has 0 saturated heterocycles. The van der Waals surface area contributed by atoms with Crippen molar-refractivity contribution in [2.75, 3.05) is 6.61 Å². The molecule has 1 atom stereocenters. The van der Waals surface area contributed by atoms with Gasteiger partial charge in [0, 0.05) is 0 Å². The standard InChI is InChI=1S/C21H19Cl2N3O4/c1-12-4-3-5-15-20(12)24-11-26(21(15)29)9-19(28)30-10-18(27)25-13(2)14-6-7-16(22)17(23)8-14/h3-8,11,13H,9-10H2,1-2H3,(H,25,27). The molecule has 3 aromatic rings. The van der Waals surface area contributed by atoms with Gasteiger partial charge in [0.25, 0.3) is 11.5 Å². The Morgan fingerprint density at radius 2 is 1.97 bits per heavy atom. The van der Waals surface area contributed by atoms with Crippen molar-refractivity contribution in [2.45, 2.75) is 26.4 Å². The lowest BCUT2D eigenvalue weighted by Crippen LogP contribution is -2.32. The molecule has 0 aliphatic rings. The third kappa shape index (κ3) is 4.98. The molecule has 0 bridgehead atoms. The number of rotatable bonds is 6. The molecule has 3 rings (SSSR count). The number of hydrogen-bond donors (Lipinski definition) is 1. The molecule has 0 aliphatic heterocycles. The molecule has 9 heteroatoms. The summed E-state index contributed by atoms with van der Waals surface area (Å²) in [5.41, 5.74) is 1.86. The summed E-state index contributed by atoms with van der Waals surface area (Å²) in [6.07, 6.45) is 1.30. The average molecular weight is 448 g/mol. The van der Waals surface area contributed by atoms with E-state index in [9.17, 15) is 14.4 Å². The van der Waals surface area contributed by atoms with Gasteiger partial charge in [-0.3, -0.25) is 19.0 Å². The molecule has 1 unspecified atom stereocenters. The zero-order valence-corrected chi connectivity index (χ0v) is 17.8. The fourth-order valence-corrected chi connectivity index (χ4v) is 3.24. The second-order valence-corrected chi connectivity index (χ2v) is 7.59. The van der Waals surface area contributed by atoms with Gasteiger partial charge in [-0.25, -0.2) is 4.98 Å². The molecule has 0 spiro atoms. The van der Waals surface area contributed by atoms with Crippen molar-refractivity contribution in [1.82, 2.24) is 14.9 Å². The van der Waals surface area contributed by atoms with Gasteiger partial charge in [-0.05, 0) is 43.2 Å². The lowest BCUT2D eigenvalue weighted by molar-refractivity contribution is -0.149. The zero-order chi connectivity index (χ0) is 21.8. The second-order valence-electron chi connectivity index (χ2n) is 6.77. The number of aryl methyl sites for hydroxylation is 1. The molecule has 7 nitrogen and oxygen atoms in total. The third-order valence-corrected chi connectivity index (χ3v) is 5.28. The van der Waals surface area contributed by atoms with Crippen LogP contribution in [0, 0.1) is 6.92 Å². The van der Waals surface area contributed by atoms with Crippen LogP contribution >= 0.6 is 23.2 Å². The number of amides is 1. The normalized spacial score (nSPS) is 11.9. The number of benzene rings is 2. The Morgan fingerprint density at radius 3 is 2.70 bits per heavy atom. The van der Waals surface area contributed by atoms with Gasteiger partial charge in [-0.1, -0.05) is 41.4 Å². The van der Waals surface area contributed by atoms with Crippen LogP contribution in [0.3, 0.4) is 0 Å². The Bertz CT molecular complexity index is 1180. The quantitative estimate of drug-likeness (QED) is 0.584. The Balaban J connectivity index is 1.57. The molecule has 1 aromatic heterocycles. The summed E-state index contributed by atoms with van der Waals surface area (Å²) in [4.78, 5) is 40.9. The van der Waals surface area contributed by atoms with Crippen molar-refractivity contribution < 1.29 is 14.3 Å². The summed E-state index contributed by atoms with van der Waals surface area (Å²) < 4.78 is 6.15. The van der Waals surface area contributed by atoms with E-state index >= 15 is 0 Å². The Labute approximate surface area is 182 Å². The maximum absolute atomic E-state index is 12.5. The van der Waals surface area contributed by atoms with Crippen molar-refractivity contribution in [3.8, 4) is 0 Å². The molecule has 0 saturated carbocycles. The van der Waals surface area contributed by atoms with Crippen molar-refractivity contribution in [2.24, 2.45) is 0 Å². The van der Waals surface area contributed by atoms with Crippen LogP contribution in [0.5, 0.6) is 0 Å². The lowest BCUT2D eigenvalue weighted by Gasteiger charge is -2.15. The van der Waals surface area contributed by atoms with Crippen LogP contribution < -0.4 is 10.9 Å². The first-order valence-electron chi connectivity index (χ1n) is 9.11. The van der Waals surface area contributed by atoms with Gasteiger partial charge in [-0.2, -0.15) is 0 Å². The molecule has 156 valence electrons. The fraction of sp³-hybridized carbons (Fsp3) is 0.238. The molecule has 1 amide bonds. The van der Waals surface area contributed by atoms with Gasteiger partial charge in [0.15, 0.2) is 6.61 Å². The van der Waals surface area contributed by atoms with Gasteiger partial charge >= 0.3 is 5.97 Å². The molecular formula is C21H19Cl2N3O4. The SMILES string of the molecule is Cc1cccc2c(=O)n(CC(=O)OCC(=O)NC(C)c3ccc(Cl)c(Cl)c3)cnc12. The van der Waals surface area contributed by atoms with Crippen molar-refractivity contribution in [1.29, 1.82) is 0 Å². The summed E-state index contributed by atoms with van der Waals surface area (Å²) in [5, 5.41) is 3.92. The minimum Gasteiger partial charge on any atom is -0.454 e. The van der Waals surface area contributed by atoms with Gasteiger partial charge < -0.3 is 10.1 Å². The van der Waals surface area contributed by atoms with E-state index < -0.39 is 18.5 Å². The Kier molecular flexibility index (Phi) is 6.74. The highest BCUT2D eigenvalue weighted by Crippen LogP contribution is 2.25. The van der Waals surface area contributed by atoms with Gasteiger partial charge in [0.2, 0.25) is 0 Å². The Hall–Kier alpha value is -2.90. The minimum atomic E-state index is -0.719. The molecule has 1 N–H and O–H groups in total. The summed E-state index contributed by atoms with van der Waals surface area (Å²) in [6.45, 7) is 2.80. The number of nitrogens with one attached hydrogen (secondary N) is 1. The van der Waals surface area contributed by atoms with E-state index in [4.69, 9.17) is 27.9 Å². The highest BCUT2D eigenvalue weighted by atomic mass is 35.5. The van der Waals surface area contributed by atoms with Crippen LogP contribution in [0.25, 0.3) is 10.9 Å². The van der Waals surface area contributed by atoms with Crippen LogP contribution in [0.4, 0.5) is 0 Å². The largest absolute Gasteiger partial charge is 0.454 e. The fourth-order valence-electron chi connectivity index (χ4n) is 2.93. The number of halogens is 2. The number of fused-ring (bicyclic) bond motifs is 1. The molecule has 0 radical (unpaired) electrons. The number of para-hydroxylation sites is 1. The molecule has 30 heavy (non-hydrogen) atoms. The number of esters is 1. The highest BCUT2D eigenvalue weighted by molar-refractivity contribution is 6.42. The molecule has 2 aromatic carbocycles. The second kappa shape index (κ2) is 9.28. The van der Waals surface area contributed by atoms with Crippen molar-refractivity contribution in [3.63, 3.8) is 0 Å². The van der Waals surface area contributed by atoms with Gasteiger partial charge in [-0.15, -0.1) is 0 Å². The topological polar surface area (TPSA) is 90.3 Å². The predicted molar refractivity (Wildman–Crippen MR) is 115 cm³/mol. The van der Waals surface area contributed by atoms with E-state index in [2.05, 4.69) is 10.3 Å². The first-order chi connectivity index (χ1) is 14.3. The lowest BCUT2D eigenvalue weighted by atomic mass is 10.1. The monoisotopic (exact) mass is 447 g/mol. The number of carbonyl (C=O) groups excluding carboxylic acids is 2. The van der Waals surface area contributed by atoms with Crippen molar-refractivity contribution >= 4 is 46.0 Å². The van der Waals surface area contributed by atoms with E-state index in [0.29, 0.717) is 20.9 Å². The van der Waals surface area contributed by atoms with Gasteiger partial charge in [0.05, 0.1) is 33.3 Å². The number of aromatic nitrogens is 2. The van der Waals surface area contributed by atoms with Crippen LogP contribution in [0.1, 0.15) is 24.1 Å². The van der Waals surface area contributed by atoms with E-state index in [1.54, 1.807) is 37.3 Å². The number of carbonyl (C=O) groups is 2. The minimum absolute atomic E-state index is 0.342. The molecular weight excluding hydrogens is 429 g/mol. The van der Waals surface area contributed by atoms with E-state index in [-0.39, 0.29) is 18.1 Å². The summed E-state index contributed by atoms with van der Waals surface area (Å²) in [5.74, 6) is -1.20. The smallest absolute Gasteiger partial charge is 0.326 e. The first kappa shape index (κ1) is 21.8. The molecule has 0 fully saturated rings. The third-order valence-electron chi connectivity index (χ3n) is 4.54. The number of ether oxygens (including phenoxy) is 1. The van der Waals surface area contributed by atoms with E-state index in [1.165, 1.54) is 6.33 Å². The number of nitrogens with zero attached hydrogens (tertiary/aromatic N) is 2. The van der Waals surface area contributed by atoms with Crippen LogP contribution in [0.15, 0.2) is 47.5 Å². The summed E-state index contributed by atoms with van der Waals surface area (Å²) in [7, 11) is 0. The van der Waals surface area contributed by atoms with Crippen LogP contribution in [-0.4, -0.2) is 28.0 Å². The van der Waals surface area contributed by atoms with Crippen LogP contribution in [0.2, 0.25) is 10.0 Å². The first-order valence-corrected chi connectivity index (χ1v) is 9.86. The van der Waals surface area contributed by atoms with Crippen molar-refractivity contribution in [3.05, 3.63) is 74.3 Å². The molecule has 1 heterocycles. The maximum atomic E-state index is 12.5. The van der Waals surface area contributed by atoms with E-state index in [1.807, 2.05) is 13.0 Å².